The first-order valence-corrected chi connectivity index (χ1v) is 8.20. The maximum Gasteiger partial charge on any atom is 0.418 e. The Bertz CT molecular complexity index is 839. The molecule has 1 fully saturated rings. The molecule has 8 heteroatoms. The van der Waals surface area contributed by atoms with Crippen LogP contribution in [0.25, 0.3) is 0 Å². The first-order valence-electron chi connectivity index (χ1n) is 7.32. The van der Waals surface area contributed by atoms with Gasteiger partial charge in [0.25, 0.3) is 0 Å². The Morgan fingerprint density at radius 2 is 1.80 bits per heavy atom. The lowest BCUT2D eigenvalue weighted by atomic mass is 10.1. The molecule has 4 nitrogen and oxygen atoms in total. The quantitative estimate of drug-likeness (QED) is 0.664. The predicted molar refractivity (Wildman–Crippen MR) is 89.1 cm³/mol. The fraction of sp³-hybridized carbons (Fsp3) is 0.176. The highest BCUT2D eigenvalue weighted by Crippen LogP contribution is 2.40. The number of carbonyl (C=O) groups is 2. The summed E-state index contributed by atoms with van der Waals surface area (Å²) in [6, 6.07) is 11.3. The van der Waals surface area contributed by atoms with Gasteiger partial charge in [-0.2, -0.15) is 13.2 Å². The van der Waals surface area contributed by atoms with Crippen molar-refractivity contribution in [1.29, 1.82) is 0 Å². The van der Waals surface area contributed by atoms with Gasteiger partial charge in [-0.3, -0.25) is 9.59 Å². The van der Waals surface area contributed by atoms with Crippen LogP contribution in [0.1, 0.15) is 12.0 Å². The number of nitrogens with two attached hydrogens (primary N) is 1. The van der Waals surface area contributed by atoms with Gasteiger partial charge in [0.1, 0.15) is 0 Å². The van der Waals surface area contributed by atoms with Gasteiger partial charge < -0.3 is 5.73 Å². The largest absolute Gasteiger partial charge is 0.418 e. The molecule has 0 bridgehead atoms. The van der Waals surface area contributed by atoms with Gasteiger partial charge in [0.05, 0.1) is 16.5 Å². The summed E-state index contributed by atoms with van der Waals surface area (Å²) in [5.74, 6) is -1.31. The number of alkyl halides is 3. The number of thioether (sulfide) groups is 1. The van der Waals surface area contributed by atoms with Crippen LogP contribution in [0.2, 0.25) is 0 Å². The molecule has 1 aliphatic rings. The highest BCUT2D eigenvalue weighted by atomic mass is 32.2. The second kappa shape index (κ2) is 6.44. The van der Waals surface area contributed by atoms with E-state index in [1.54, 1.807) is 24.3 Å². The van der Waals surface area contributed by atoms with Crippen LogP contribution in [-0.4, -0.2) is 17.1 Å². The van der Waals surface area contributed by atoms with E-state index in [1.807, 2.05) is 0 Å². The lowest BCUT2D eigenvalue weighted by Gasteiger charge is -2.20. The minimum Gasteiger partial charge on any atom is -0.399 e. The maximum atomic E-state index is 13.2. The van der Waals surface area contributed by atoms with Gasteiger partial charge in [0.2, 0.25) is 11.8 Å². The fourth-order valence-corrected chi connectivity index (χ4v) is 3.73. The zero-order valence-corrected chi connectivity index (χ0v) is 13.6. The van der Waals surface area contributed by atoms with Crippen molar-refractivity contribution in [2.75, 3.05) is 10.6 Å². The van der Waals surface area contributed by atoms with Gasteiger partial charge in [-0.1, -0.05) is 18.2 Å². The second-order valence-corrected chi connectivity index (χ2v) is 6.74. The van der Waals surface area contributed by atoms with Crippen molar-refractivity contribution < 1.29 is 22.8 Å². The lowest BCUT2D eigenvalue weighted by molar-refractivity contribution is -0.137. The molecule has 1 atom stereocenters. The molecule has 2 aromatic carbocycles. The number of nitrogens with zero attached hydrogens (tertiary/aromatic N) is 1. The van der Waals surface area contributed by atoms with Crippen LogP contribution in [0.15, 0.2) is 53.4 Å². The first kappa shape index (κ1) is 17.3. The van der Waals surface area contributed by atoms with E-state index >= 15 is 0 Å². The summed E-state index contributed by atoms with van der Waals surface area (Å²) in [6.07, 6.45) is -4.82. The number of benzene rings is 2. The number of nitrogen functional groups attached to an aromatic ring is 1. The Kier molecular flexibility index (Phi) is 4.47. The van der Waals surface area contributed by atoms with Crippen molar-refractivity contribution in [1.82, 2.24) is 0 Å². The van der Waals surface area contributed by atoms with Gasteiger partial charge in [-0.05, 0) is 30.3 Å². The number of rotatable bonds is 3. The standard InChI is InChI=1S/C17H13F3N2O2S/c18-17(19,20)12-6-1-2-7-13(12)22-15(23)9-14(16(22)24)25-11-5-3-4-10(21)8-11/h1-8,14H,9,21H2/t14-/m1/s1. The molecular formula is C17H13F3N2O2S. The Labute approximate surface area is 145 Å². The van der Waals surface area contributed by atoms with Crippen molar-refractivity contribution in [3.63, 3.8) is 0 Å². The first-order chi connectivity index (χ1) is 11.8. The molecule has 0 radical (unpaired) electrons. The van der Waals surface area contributed by atoms with E-state index in [-0.39, 0.29) is 6.42 Å². The van der Waals surface area contributed by atoms with E-state index < -0.39 is 34.5 Å². The summed E-state index contributed by atoms with van der Waals surface area (Å²) in [4.78, 5) is 26.1. The molecule has 2 amide bonds. The van der Waals surface area contributed by atoms with Crippen molar-refractivity contribution >= 4 is 35.0 Å². The SMILES string of the molecule is Nc1cccc(S[C@@H]2CC(=O)N(c3ccccc3C(F)(F)F)C2=O)c1. The van der Waals surface area contributed by atoms with Crippen molar-refractivity contribution in [3.05, 3.63) is 54.1 Å². The van der Waals surface area contributed by atoms with Gasteiger partial charge in [-0.25, -0.2) is 4.90 Å². The third-order valence-electron chi connectivity index (χ3n) is 3.69. The van der Waals surface area contributed by atoms with Gasteiger partial charge in [0.15, 0.2) is 0 Å². The lowest BCUT2D eigenvalue weighted by Crippen LogP contribution is -2.33. The van der Waals surface area contributed by atoms with Crippen LogP contribution in [0.4, 0.5) is 24.5 Å². The zero-order chi connectivity index (χ0) is 18.2. The Morgan fingerprint density at radius 3 is 2.48 bits per heavy atom. The van der Waals surface area contributed by atoms with Gasteiger partial charge in [0, 0.05) is 17.0 Å². The average molecular weight is 366 g/mol. The molecule has 2 aromatic rings. The minimum absolute atomic E-state index is 0.162. The molecule has 1 aliphatic heterocycles. The Balaban J connectivity index is 1.90. The fourth-order valence-electron chi connectivity index (χ4n) is 2.61. The number of halogens is 3. The summed E-state index contributed by atoms with van der Waals surface area (Å²) >= 11 is 1.12. The predicted octanol–water partition coefficient (Wildman–Crippen LogP) is 3.71. The number of hydrogen-bond donors (Lipinski definition) is 1. The van der Waals surface area contributed by atoms with Crippen LogP contribution in [0.5, 0.6) is 0 Å². The number of imide groups is 1. The summed E-state index contributed by atoms with van der Waals surface area (Å²) in [6.45, 7) is 0. The average Bonchev–Trinajstić information content (AvgIpc) is 2.80. The summed E-state index contributed by atoms with van der Waals surface area (Å²) in [7, 11) is 0. The monoisotopic (exact) mass is 366 g/mol. The number of para-hydroxylation sites is 1. The molecule has 0 saturated carbocycles. The maximum absolute atomic E-state index is 13.2. The Morgan fingerprint density at radius 1 is 1.08 bits per heavy atom. The summed E-state index contributed by atoms with van der Waals surface area (Å²) in [5.41, 5.74) is 4.74. The molecule has 25 heavy (non-hydrogen) atoms. The van der Waals surface area contributed by atoms with Crippen molar-refractivity contribution in [2.45, 2.75) is 22.7 Å². The molecule has 0 aliphatic carbocycles. The molecule has 3 rings (SSSR count). The molecule has 0 aromatic heterocycles. The van der Waals surface area contributed by atoms with Crippen LogP contribution in [0, 0.1) is 0 Å². The highest BCUT2D eigenvalue weighted by Gasteiger charge is 2.44. The minimum atomic E-state index is -4.66. The van der Waals surface area contributed by atoms with Crippen LogP contribution >= 0.6 is 11.8 Å². The highest BCUT2D eigenvalue weighted by molar-refractivity contribution is 8.00. The molecule has 2 N–H and O–H groups in total. The van der Waals surface area contributed by atoms with Gasteiger partial charge in [-0.15, -0.1) is 11.8 Å². The molecule has 0 spiro atoms. The van der Waals surface area contributed by atoms with E-state index in [1.165, 1.54) is 12.1 Å². The van der Waals surface area contributed by atoms with Crippen LogP contribution in [0.3, 0.4) is 0 Å². The third-order valence-corrected chi connectivity index (χ3v) is 4.87. The Hall–Kier alpha value is -2.48. The van der Waals surface area contributed by atoms with Crippen LogP contribution < -0.4 is 10.6 Å². The van der Waals surface area contributed by atoms with E-state index in [0.29, 0.717) is 15.5 Å². The number of amides is 2. The van der Waals surface area contributed by atoms with E-state index in [9.17, 15) is 22.8 Å². The van der Waals surface area contributed by atoms with Crippen molar-refractivity contribution in [2.24, 2.45) is 0 Å². The number of carbonyl (C=O) groups excluding carboxylic acids is 2. The molecule has 1 saturated heterocycles. The second-order valence-electron chi connectivity index (χ2n) is 5.47. The van der Waals surface area contributed by atoms with E-state index in [4.69, 9.17) is 5.73 Å². The van der Waals surface area contributed by atoms with Gasteiger partial charge >= 0.3 is 6.18 Å². The molecule has 0 unspecified atom stereocenters. The van der Waals surface area contributed by atoms with Crippen molar-refractivity contribution in [3.8, 4) is 0 Å². The molecule has 1 heterocycles. The van der Waals surface area contributed by atoms with E-state index in [2.05, 4.69) is 0 Å². The summed E-state index contributed by atoms with van der Waals surface area (Å²) < 4.78 is 39.5. The summed E-state index contributed by atoms with van der Waals surface area (Å²) in [5, 5.41) is -0.782. The van der Waals surface area contributed by atoms with E-state index in [0.717, 1.165) is 23.9 Å². The zero-order valence-electron chi connectivity index (χ0n) is 12.8. The molecule has 130 valence electrons. The molecular weight excluding hydrogens is 353 g/mol. The number of anilines is 2. The topological polar surface area (TPSA) is 63.4 Å². The third kappa shape index (κ3) is 3.48. The normalized spacial score (nSPS) is 18.0. The van der Waals surface area contributed by atoms with Crippen LogP contribution in [-0.2, 0) is 15.8 Å². The number of hydrogen-bond acceptors (Lipinski definition) is 4. The smallest absolute Gasteiger partial charge is 0.399 e.